The van der Waals surface area contributed by atoms with Gasteiger partial charge in [-0.1, -0.05) is 12.1 Å². The van der Waals surface area contributed by atoms with Crippen LogP contribution in [0.5, 0.6) is 0 Å². The summed E-state index contributed by atoms with van der Waals surface area (Å²) in [5.41, 5.74) is -0.550. The lowest BCUT2D eigenvalue weighted by atomic mass is 10.2. The van der Waals surface area contributed by atoms with Crippen molar-refractivity contribution in [1.29, 1.82) is 0 Å². The molecule has 1 heterocycles. The molecule has 2 aromatic rings. The highest BCUT2D eigenvalue weighted by Gasteiger charge is 2.30. The maximum atomic E-state index is 12.5. The number of sulfone groups is 1. The van der Waals surface area contributed by atoms with Crippen LogP contribution in [0.4, 0.5) is 5.69 Å². The molecule has 20 heavy (non-hydrogen) atoms. The molecule has 0 saturated heterocycles. The second-order valence-electron chi connectivity index (χ2n) is 4.02. The lowest BCUT2D eigenvalue weighted by molar-refractivity contribution is -0.387. The molecule has 2 rings (SSSR count). The normalized spacial score (nSPS) is 11.2. The van der Waals surface area contributed by atoms with Gasteiger partial charge in [-0.25, -0.2) is 8.42 Å². The molecule has 0 aliphatic carbocycles. The molecule has 0 radical (unpaired) electrons. The second-order valence-corrected chi connectivity index (χ2v) is 5.90. The van der Waals surface area contributed by atoms with E-state index in [9.17, 15) is 23.3 Å². The van der Waals surface area contributed by atoms with E-state index in [4.69, 9.17) is 0 Å². The predicted molar refractivity (Wildman–Crippen MR) is 69.3 cm³/mol. The summed E-state index contributed by atoms with van der Waals surface area (Å²) in [6.45, 7) is 1.22. The van der Waals surface area contributed by atoms with Gasteiger partial charge in [0.05, 0.1) is 10.5 Å². The van der Waals surface area contributed by atoms with Crippen molar-refractivity contribution in [3.05, 3.63) is 52.3 Å². The van der Waals surface area contributed by atoms with E-state index >= 15 is 0 Å². The van der Waals surface area contributed by atoms with Crippen LogP contribution in [0, 0.1) is 10.1 Å². The minimum absolute atomic E-state index is 0.0249. The third kappa shape index (κ3) is 2.21. The lowest BCUT2D eigenvalue weighted by Gasteiger charge is -2.05. The van der Waals surface area contributed by atoms with Gasteiger partial charge in [0, 0.05) is 18.5 Å². The fraction of sp³-hybridized carbons (Fsp3) is 0.0833. The van der Waals surface area contributed by atoms with Gasteiger partial charge in [-0.05, 0) is 13.0 Å². The van der Waals surface area contributed by atoms with E-state index in [0.717, 1.165) is 18.3 Å². The van der Waals surface area contributed by atoms with Crippen LogP contribution in [0.3, 0.4) is 0 Å². The summed E-state index contributed by atoms with van der Waals surface area (Å²) >= 11 is 0. The first-order valence-electron chi connectivity index (χ1n) is 5.52. The molecular formula is C12H10N2O5S. The number of hydrogen-bond acceptors (Lipinski definition) is 5. The van der Waals surface area contributed by atoms with Gasteiger partial charge in [-0.15, -0.1) is 0 Å². The van der Waals surface area contributed by atoms with Gasteiger partial charge in [-0.3, -0.25) is 14.9 Å². The van der Waals surface area contributed by atoms with Crippen molar-refractivity contribution in [2.24, 2.45) is 0 Å². The molecule has 0 fully saturated rings. The number of nitrogens with zero attached hydrogens (tertiary/aromatic N) is 1. The van der Waals surface area contributed by atoms with Gasteiger partial charge in [0.25, 0.3) is 5.69 Å². The highest BCUT2D eigenvalue weighted by atomic mass is 32.2. The summed E-state index contributed by atoms with van der Waals surface area (Å²) in [6.07, 6.45) is 2.40. The van der Waals surface area contributed by atoms with Gasteiger partial charge in [0.15, 0.2) is 5.78 Å². The zero-order valence-electron chi connectivity index (χ0n) is 10.4. The van der Waals surface area contributed by atoms with Crippen molar-refractivity contribution >= 4 is 21.3 Å². The van der Waals surface area contributed by atoms with E-state index in [-0.39, 0.29) is 10.5 Å². The van der Waals surface area contributed by atoms with Crippen LogP contribution in [0.1, 0.15) is 17.3 Å². The summed E-state index contributed by atoms with van der Waals surface area (Å²) in [6, 6.07) is 5.01. The SMILES string of the molecule is CC(=O)c1c[nH]cc1S(=O)(=O)c1ccccc1[N+](=O)[O-]. The fourth-order valence-electron chi connectivity index (χ4n) is 1.80. The molecule has 0 aliphatic rings. The number of benzene rings is 1. The maximum absolute atomic E-state index is 12.5. The van der Waals surface area contributed by atoms with E-state index in [1.165, 1.54) is 25.3 Å². The molecule has 0 bridgehead atoms. The van der Waals surface area contributed by atoms with E-state index in [0.29, 0.717) is 0 Å². The topological polar surface area (TPSA) is 110 Å². The van der Waals surface area contributed by atoms with Crippen molar-refractivity contribution in [3.8, 4) is 0 Å². The Morgan fingerprint density at radius 1 is 1.20 bits per heavy atom. The number of nitrogens with one attached hydrogen (secondary N) is 1. The van der Waals surface area contributed by atoms with Crippen LogP contribution in [0.25, 0.3) is 0 Å². The predicted octanol–water partition coefficient (Wildman–Crippen LogP) is 1.96. The molecule has 7 nitrogen and oxygen atoms in total. The average molecular weight is 294 g/mol. The molecule has 0 amide bonds. The Bertz CT molecular complexity index is 792. The van der Waals surface area contributed by atoms with Gasteiger partial charge in [0.2, 0.25) is 9.84 Å². The number of nitro groups is 1. The van der Waals surface area contributed by atoms with E-state index in [1.54, 1.807) is 0 Å². The Balaban J connectivity index is 2.71. The Labute approximate surface area is 114 Å². The average Bonchev–Trinajstić information content (AvgIpc) is 2.88. The third-order valence-electron chi connectivity index (χ3n) is 2.73. The molecule has 1 N–H and O–H groups in total. The van der Waals surface area contributed by atoms with Crippen LogP contribution in [-0.2, 0) is 9.84 Å². The Hall–Kier alpha value is -2.48. The van der Waals surface area contributed by atoms with Crippen molar-refractivity contribution < 1.29 is 18.1 Å². The minimum Gasteiger partial charge on any atom is -0.366 e. The lowest BCUT2D eigenvalue weighted by Crippen LogP contribution is -2.08. The standard InChI is InChI=1S/C12H10N2O5S/c1-8(15)9-6-13-7-12(9)20(18,19)11-5-3-2-4-10(11)14(16)17/h2-7,13H,1H3. The summed E-state index contributed by atoms with van der Waals surface area (Å²) < 4.78 is 24.9. The van der Waals surface area contributed by atoms with Gasteiger partial charge in [0.1, 0.15) is 9.79 Å². The zero-order chi connectivity index (χ0) is 14.9. The molecule has 104 valence electrons. The molecule has 0 unspecified atom stereocenters. The van der Waals surface area contributed by atoms with Crippen molar-refractivity contribution in [1.82, 2.24) is 4.98 Å². The highest BCUT2D eigenvalue weighted by Crippen LogP contribution is 2.30. The minimum atomic E-state index is -4.14. The van der Waals surface area contributed by atoms with E-state index in [1.807, 2.05) is 0 Å². The van der Waals surface area contributed by atoms with Crippen LogP contribution in [-0.4, -0.2) is 24.1 Å². The van der Waals surface area contributed by atoms with Gasteiger partial charge in [-0.2, -0.15) is 0 Å². The van der Waals surface area contributed by atoms with Crippen LogP contribution in [0.2, 0.25) is 0 Å². The first kappa shape index (κ1) is 13.9. The Kier molecular flexibility index (Phi) is 3.41. The molecular weight excluding hydrogens is 284 g/mol. The Morgan fingerprint density at radius 2 is 1.85 bits per heavy atom. The quantitative estimate of drug-likeness (QED) is 0.526. The number of ketones is 1. The second kappa shape index (κ2) is 4.89. The number of aromatic nitrogens is 1. The molecule has 8 heteroatoms. The smallest absolute Gasteiger partial charge is 0.288 e. The summed E-state index contributed by atoms with van der Waals surface area (Å²) in [7, 11) is -4.14. The molecule has 0 atom stereocenters. The number of hydrogen-bond donors (Lipinski definition) is 1. The van der Waals surface area contributed by atoms with Crippen molar-refractivity contribution in [3.63, 3.8) is 0 Å². The summed E-state index contributed by atoms with van der Waals surface area (Å²) in [4.78, 5) is 23.4. The summed E-state index contributed by atoms with van der Waals surface area (Å²) in [5, 5.41) is 10.9. The molecule has 0 spiro atoms. The van der Waals surface area contributed by atoms with Crippen molar-refractivity contribution in [2.45, 2.75) is 16.7 Å². The molecule has 0 saturated carbocycles. The van der Waals surface area contributed by atoms with E-state index in [2.05, 4.69) is 4.98 Å². The fourth-order valence-corrected chi connectivity index (χ4v) is 3.43. The van der Waals surface area contributed by atoms with Gasteiger partial charge >= 0.3 is 0 Å². The Morgan fingerprint density at radius 3 is 2.45 bits per heavy atom. The number of carbonyl (C=O) groups is 1. The molecule has 1 aromatic carbocycles. The number of Topliss-reactive ketones (excluding diaryl/α,β-unsaturated/α-hetero) is 1. The maximum Gasteiger partial charge on any atom is 0.288 e. The monoisotopic (exact) mass is 294 g/mol. The molecule has 1 aromatic heterocycles. The molecule has 0 aliphatic heterocycles. The van der Waals surface area contributed by atoms with Crippen LogP contribution in [0.15, 0.2) is 46.5 Å². The largest absolute Gasteiger partial charge is 0.366 e. The first-order chi connectivity index (χ1) is 9.35. The zero-order valence-corrected chi connectivity index (χ0v) is 11.2. The number of carbonyl (C=O) groups excluding carboxylic acids is 1. The number of nitro benzene ring substituents is 1. The van der Waals surface area contributed by atoms with Crippen molar-refractivity contribution in [2.75, 3.05) is 0 Å². The highest BCUT2D eigenvalue weighted by molar-refractivity contribution is 7.91. The number of H-pyrrole nitrogens is 1. The van der Waals surface area contributed by atoms with Crippen LogP contribution < -0.4 is 0 Å². The summed E-state index contributed by atoms with van der Waals surface area (Å²) in [5.74, 6) is -0.441. The number of rotatable bonds is 4. The number of para-hydroxylation sites is 1. The first-order valence-corrected chi connectivity index (χ1v) is 7.00. The van der Waals surface area contributed by atoms with E-state index < -0.39 is 31.1 Å². The number of aromatic amines is 1. The van der Waals surface area contributed by atoms with Crippen LogP contribution >= 0.6 is 0 Å². The van der Waals surface area contributed by atoms with Gasteiger partial charge < -0.3 is 4.98 Å². The third-order valence-corrected chi connectivity index (χ3v) is 4.57.